The van der Waals surface area contributed by atoms with E-state index < -0.39 is 58.0 Å². The third-order valence-electron chi connectivity index (χ3n) is 5.68. The number of anilines is 1. The maximum atomic E-state index is 14.9. The lowest BCUT2D eigenvalue weighted by molar-refractivity contribution is -0.147. The summed E-state index contributed by atoms with van der Waals surface area (Å²) in [7, 11) is 1.75. The Hall–Kier alpha value is -4.08. The number of alkyl halides is 3. The van der Waals surface area contributed by atoms with E-state index in [1.807, 2.05) is 0 Å². The van der Waals surface area contributed by atoms with Gasteiger partial charge in [0.25, 0.3) is 5.78 Å². The summed E-state index contributed by atoms with van der Waals surface area (Å²) in [5, 5.41) is 25.8. The molecule has 0 aliphatic rings. The lowest BCUT2D eigenvalue weighted by atomic mass is 10.1. The van der Waals surface area contributed by atoms with Gasteiger partial charge in [0.15, 0.2) is 6.10 Å². The van der Waals surface area contributed by atoms with E-state index in [0.717, 1.165) is 29.9 Å². The Balaban J connectivity index is 0.000000369. The number of aliphatic hydroxyl groups excluding tert-OH is 1. The maximum absolute atomic E-state index is 14.9. The zero-order chi connectivity index (χ0) is 31.0. The van der Waals surface area contributed by atoms with Crippen LogP contribution in [-0.4, -0.2) is 68.2 Å². The first kappa shape index (κ1) is 32.4. The Morgan fingerprint density at radius 3 is 2.36 bits per heavy atom. The Morgan fingerprint density at radius 1 is 1.14 bits per heavy atom. The number of carbonyl (C=O) groups is 1. The standard InChI is InChI=1S/C18H18ClF5N6O.C8H8O3/c1-9(18(22,23)24)28-16-14(15(19)29-17-26-8-27-30(16)17)13-11(20)6-10(7-12(13)21)31-5-3-4-25-2;9-7(8(10)11)6-4-2-1-3-5-6/h6-9,25,28H,3-5H2,1-2H3;1-5,7,9H,(H,10,11)/t9-;/m0./s1. The van der Waals surface area contributed by atoms with Gasteiger partial charge in [0.1, 0.15) is 40.7 Å². The van der Waals surface area contributed by atoms with Gasteiger partial charge in [-0.15, -0.1) is 0 Å². The number of halogens is 6. The number of nitrogens with one attached hydrogen (secondary N) is 2. The largest absolute Gasteiger partial charge is 0.493 e. The molecule has 10 nitrogen and oxygen atoms in total. The molecule has 4 aromatic rings. The quantitative estimate of drug-likeness (QED) is 0.112. The van der Waals surface area contributed by atoms with Crippen molar-refractivity contribution in [2.24, 2.45) is 0 Å². The number of hydrogen-bond donors (Lipinski definition) is 4. The summed E-state index contributed by atoms with van der Waals surface area (Å²) in [4.78, 5) is 17.9. The number of aromatic nitrogens is 4. The average Bonchev–Trinajstić information content (AvgIpc) is 3.40. The zero-order valence-corrected chi connectivity index (χ0v) is 22.9. The van der Waals surface area contributed by atoms with E-state index in [1.165, 1.54) is 0 Å². The van der Waals surface area contributed by atoms with Gasteiger partial charge >= 0.3 is 12.1 Å². The number of fused-ring (bicyclic) bond motifs is 1. The molecule has 0 aliphatic carbocycles. The third kappa shape index (κ3) is 8.02. The molecular weight excluding hydrogens is 591 g/mol. The summed E-state index contributed by atoms with van der Waals surface area (Å²) in [6, 6.07) is 8.03. The van der Waals surface area contributed by atoms with Crippen LogP contribution in [0, 0.1) is 11.6 Å². The van der Waals surface area contributed by atoms with Gasteiger partial charge in [0.2, 0.25) is 0 Å². The highest BCUT2D eigenvalue weighted by atomic mass is 35.5. The van der Waals surface area contributed by atoms with Crippen molar-refractivity contribution in [2.45, 2.75) is 31.7 Å². The van der Waals surface area contributed by atoms with Crippen molar-refractivity contribution in [3.05, 3.63) is 71.1 Å². The van der Waals surface area contributed by atoms with Crippen LogP contribution in [0.15, 0.2) is 48.8 Å². The molecule has 0 amide bonds. The zero-order valence-electron chi connectivity index (χ0n) is 22.2. The van der Waals surface area contributed by atoms with E-state index in [0.29, 0.717) is 18.5 Å². The molecule has 4 rings (SSSR count). The molecule has 0 spiro atoms. The Morgan fingerprint density at radius 2 is 1.79 bits per heavy atom. The van der Waals surface area contributed by atoms with Crippen LogP contribution < -0.4 is 15.4 Å². The van der Waals surface area contributed by atoms with Crippen molar-refractivity contribution in [1.82, 2.24) is 24.9 Å². The van der Waals surface area contributed by atoms with E-state index in [-0.39, 0.29) is 18.1 Å². The van der Waals surface area contributed by atoms with Crippen LogP contribution in [0.4, 0.5) is 27.8 Å². The lowest BCUT2D eigenvalue weighted by Crippen LogP contribution is -2.34. The molecule has 42 heavy (non-hydrogen) atoms. The van der Waals surface area contributed by atoms with Gasteiger partial charge < -0.3 is 25.6 Å². The highest BCUT2D eigenvalue weighted by molar-refractivity contribution is 6.33. The first-order chi connectivity index (χ1) is 19.8. The lowest BCUT2D eigenvalue weighted by Gasteiger charge is -2.21. The molecule has 226 valence electrons. The number of nitrogens with zero attached hydrogens (tertiary/aromatic N) is 4. The molecule has 4 N–H and O–H groups in total. The molecule has 2 atom stereocenters. The molecule has 2 aromatic heterocycles. The van der Waals surface area contributed by atoms with Crippen LogP contribution in [0.3, 0.4) is 0 Å². The van der Waals surface area contributed by atoms with Crippen LogP contribution in [-0.2, 0) is 4.79 Å². The third-order valence-corrected chi connectivity index (χ3v) is 5.96. The van der Waals surface area contributed by atoms with Crippen LogP contribution in [0.25, 0.3) is 16.9 Å². The molecule has 0 saturated carbocycles. The normalized spacial score (nSPS) is 12.8. The summed E-state index contributed by atoms with van der Waals surface area (Å²) >= 11 is 6.11. The molecule has 1 unspecified atom stereocenters. The van der Waals surface area contributed by atoms with Gasteiger partial charge in [0, 0.05) is 12.1 Å². The van der Waals surface area contributed by atoms with Gasteiger partial charge in [-0.2, -0.15) is 32.8 Å². The van der Waals surface area contributed by atoms with Crippen LogP contribution >= 0.6 is 11.6 Å². The highest BCUT2D eigenvalue weighted by Gasteiger charge is 2.37. The van der Waals surface area contributed by atoms with E-state index in [2.05, 4.69) is 25.7 Å². The molecule has 0 aliphatic heterocycles. The Bertz CT molecular complexity index is 1480. The predicted octanol–water partition coefficient (Wildman–Crippen LogP) is 4.88. The molecule has 16 heteroatoms. The summed E-state index contributed by atoms with van der Waals surface area (Å²) in [5.41, 5.74) is -0.693. The number of aliphatic carboxylic acids is 1. The van der Waals surface area contributed by atoms with E-state index >= 15 is 0 Å². The van der Waals surface area contributed by atoms with Gasteiger partial charge in [-0.05, 0) is 32.5 Å². The monoisotopic (exact) mass is 616 g/mol. The van der Waals surface area contributed by atoms with Crippen molar-refractivity contribution >= 4 is 29.2 Å². The molecule has 2 aromatic carbocycles. The fraction of sp³-hybridized carbons (Fsp3) is 0.308. The number of rotatable bonds is 10. The molecule has 0 bridgehead atoms. The van der Waals surface area contributed by atoms with Gasteiger partial charge in [-0.1, -0.05) is 41.9 Å². The fourth-order valence-corrected chi connectivity index (χ4v) is 3.81. The smallest absolute Gasteiger partial charge is 0.408 e. The van der Waals surface area contributed by atoms with Crippen molar-refractivity contribution < 1.29 is 41.7 Å². The highest BCUT2D eigenvalue weighted by Crippen LogP contribution is 2.39. The van der Waals surface area contributed by atoms with Gasteiger partial charge in [-0.25, -0.2) is 13.6 Å². The number of carboxylic acid groups (broad SMARTS) is 1. The molecular formula is C26H26ClF5N6O4. The van der Waals surface area contributed by atoms with Crippen LogP contribution in [0.2, 0.25) is 5.15 Å². The molecule has 0 radical (unpaired) electrons. The van der Waals surface area contributed by atoms with Crippen molar-refractivity contribution in [3.63, 3.8) is 0 Å². The van der Waals surface area contributed by atoms with Crippen LogP contribution in [0.1, 0.15) is 25.0 Å². The topological polar surface area (TPSA) is 134 Å². The molecule has 0 fully saturated rings. The summed E-state index contributed by atoms with van der Waals surface area (Å²) in [6.07, 6.45) is -4.43. The van der Waals surface area contributed by atoms with Crippen molar-refractivity contribution in [1.29, 1.82) is 0 Å². The summed E-state index contributed by atoms with van der Waals surface area (Å²) in [5.74, 6) is -4.02. The van der Waals surface area contributed by atoms with Gasteiger partial charge in [0.05, 0.1) is 17.7 Å². The second-order valence-corrected chi connectivity index (χ2v) is 9.08. The first-order valence-electron chi connectivity index (χ1n) is 12.3. The summed E-state index contributed by atoms with van der Waals surface area (Å²) in [6.45, 7) is 1.70. The predicted molar refractivity (Wildman–Crippen MR) is 143 cm³/mol. The van der Waals surface area contributed by atoms with Crippen molar-refractivity contribution in [2.75, 3.05) is 25.5 Å². The van der Waals surface area contributed by atoms with E-state index in [1.54, 1.807) is 37.4 Å². The first-order valence-corrected chi connectivity index (χ1v) is 12.7. The minimum absolute atomic E-state index is 0.0704. The van der Waals surface area contributed by atoms with Gasteiger partial charge in [-0.3, -0.25) is 0 Å². The van der Waals surface area contributed by atoms with Crippen molar-refractivity contribution in [3.8, 4) is 16.9 Å². The number of carboxylic acids is 1. The second-order valence-electron chi connectivity index (χ2n) is 8.72. The Kier molecular flexibility index (Phi) is 11.0. The summed E-state index contributed by atoms with van der Waals surface area (Å²) < 4.78 is 75.5. The minimum atomic E-state index is -4.65. The maximum Gasteiger partial charge on any atom is 0.408 e. The molecule has 0 saturated heterocycles. The van der Waals surface area contributed by atoms with Crippen LogP contribution in [0.5, 0.6) is 5.75 Å². The molecule has 2 heterocycles. The van der Waals surface area contributed by atoms with E-state index in [9.17, 15) is 26.7 Å². The van der Waals surface area contributed by atoms with E-state index in [4.69, 9.17) is 26.6 Å². The second kappa shape index (κ2) is 14.2. The number of benzene rings is 2. The average molecular weight is 617 g/mol. The fourth-order valence-electron chi connectivity index (χ4n) is 3.55. The Labute approximate surface area is 241 Å². The number of aliphatic hydroxyl groups is 1. The number of hydrogen-bond acceptors (Lipinski definition) is 8. The minimum Gasteiger partial charge on any atom is -0.493 e. The SMILES string of the molecule is CNCCCOc1cc(F)c(-c2c(Cl)nc3ncnn3c2N[C@@H](C)C(F)(F)F)c(F)c1.O=C(O)C(O)c1ccccc1. The number of ether oxygens (including phenoxy) is 1.